The van der Waals surface area contributed by atoms with E-state index in [4.69, 9.17) is 6.42 Å². The zero-order valence-corrected chi connectivity index (χ0v) is 8.42. The van der Waals surface area contributed by atoms with Gasteiger partial charge in [-0.15, -0.1) is 6.42 Å². The maximum Gasteiger partial charge on any atom is 0.0741 e. The summed E-state index contributed by atoms with van der Waals surface area (Å²) < 4.78 is 0. The van der Waals surface area contributed by atoms with Crippen molar-refractivity contribution >= 4 is 11.8 Å². The van der Waals surface area contributed by atoms with Gasteiger partial charge in [0.05, 0.1) is 5.54 Å². The third kappa shape index (κ3) is 6.28. The van der Waals surface area contributed by atoms with Crippen LogP contribution in [0.3, 0.4) is 0 Å². The molecule has 0 aromatic carbocycles. The summed E-state index contributed by atoms with van der Waals surface area (Å²) in [5.41, 5.74) is -0.145. The van der Waals surface area contributed by atoms with Crippen LogP contribution in [-0.2, 0) is 0 Å². The minimum absolute atomic E-state index is 0.145. The zero-order valence-electron chi connectivity index (χ0n) is 7.61. The molecule has 0 amide bonds. The van der Waals surface area contributed by atoms with E-state index in [1.165, 1.54) is 5.75 Å². The molecule has 0 aliphatic rings. The molecule has 2 heteroatoms. The standard InChI is InChI=1S/C9H17NS/c1-5-9(3,4)10-7-8-11-6-2/h1,10H,6-8H2,2-4H3. The second-order valence-electron chi connectivity index (χ2n) is 2.89. The number of nitrogens with one attached hydrogen (secondary N) is 1. The Morgan fingerprint density at radius 2 is 2.18 bits per heavy atom. The van der Waals surface area contributed by atoms with Gasteiger partial charge < -0.3 is 5.32 Å². The lowest BCUT2D eigenvalue weighted by molar-refractivity contribution is 0.511. The maximum atomic E-state index is 5.30. The van der Waals surface area contributed by atoms with Gasteiger partial charge >= 0.3 is 0 Å². The molecule has 0 atom stereocenters. The van der Waals surface area contributed by atoms with Crippen LogP contribution in [0.1, 0.15) is 20.8 Å². The molecule has 0 spiro atoms. The van der Waals surface area contributed by atoms with E-state index in [9.17, 15) is 0 Å². The topological polar surface area (TPSA) is 12.0 Å². The van der Waals surface area contributed by atoms with E-state index in [-0.39, 0.29) is 5.54 Å². The number of hydrogen-bond acceptors (Lipinski definition) is 2. The summed E-state index contributed by atoms with van der Waals surface area (Å²) in [5, 5.41) is 3.29. The lowest BCUT2D eigenvalue weighted by atomic mass is 10.1. The molecule has 0 aromatic rings. The van der Waals surface area contributed by atoms with Gasteiger partial charge in [0.2, 0.25) is 0 Å². The number of rotatable bonds is 5. The van der Waals surface area contributed by atoms with Crippen molar-refractivity contribution in [3.05, 3.63) is 0 Å². The Kier molecular flexibility index (Phi) is 5.45. The van der Waals surface area contributed by atoms with Gasteiger partial charge in [-0.05, 0) is 19.6 Å². The van der Waals surface area contributed by atoms with Crippen LogP contribution in [0, 0.1) is 12.3 Å². The lowest BCUT2D eigenvalue weighted by Crippen LogP contribution is -2.38. The smallest absolute Gasteiger partial charge is 0.0741 e. The van der Waals surface area contributed by atoms with Gasteiger partial charge in [-0.2, -0.15) is 11.8 Å². The van der Waals surface area contributed by atoms with E-state index in [0.29, 0.717) is 0 Å². The molecule has 64 valence electrons. The highest BCUT2D eigenvalue weighted by atomic mass is 32.2. The van der Waals surface area contributed by atoms with Gasteiger partial charge in [-0.1, -0.05) is 12.8 Å². The van der Waals surface area contributed by atoms with Gasteiger partial charge in [-0.25, -0.2) is 0 Å². The lowest BCUT2D eigenvalue weighted by Gasteiger charge is -2.18. The number of thioether (sulfide) groups is 1. The summed E-state index contributed by atoms with van der Waals surface area (Å²) in [6.45, 7) is 7.19. The monoisotopic (exact) mass is 171 g/mol. The van der Waals surface area contributed by atoms with Gasteiger partial charge in [-0.3, -0.25) is 0 Å². The van der Waals surface area contributed by atoms with Crippen molar-refractivity contribution in [3.8, 4) is 12.3 Å². The second kappa shape index (κ2) is 5.51. The van der Waals surface area contributed by atoms with Crippen LogP contribution in [0.4, 0.5) is 0 Å². The first-order valence-electron chi connectivity index (χ1n) is 3.93. The normalized spacial score (nSPS) is 11.1. The largest absolute Gasteiger partial charge is 0.301 e. The van der Waals surface area contributed by atoms with Gasteiger partial charge in [0.25, 0.3) is 0 Å². The molecular formula is C9H17NS. The molecular weight excluding hydrogens is 154 g/mol. The highest BCUT2D eigenvalue weighted by Gasteiger charge is 2.10. The van der Waals surface area contributed by atoms with Crippen LogP contribution < -0.4 is 5.32 Å². The molecule has 0 heterocycles. The molecule has 11 heavy (non-hydrogen) atoms. The average molecular weight is 171 g/mol. The summed E-state index contributed by atoms with van der Waals surface area (Å²) >= 11 is 1.93. The van der Waals surface area contributed by atoms with Crippen molar-refractivity contribution in [2.75, 3.05) is 18.1 Å². The van der Waals surface area contributed by atoms with Crippen LogP contribution in [0.2, 0.25) is 0 Å². The number of terminal acetylenes is 1. The summed E-state index contributed by atoms with van der Waals surface area (Å²) in [6.07, 6.45) is 5.30. The summed E-state index contributed by atoms with van der Waals surface area (Å²) in [7, 11) is 0. The molecule has 0 bridgehead atoms. The van der Waals surface area contributed by atoms with Crippen molar-refractivity contribution in [1.82, 2.24) is 5.32 Å². The molecule has 0 unspecified atom stereocenters. The van der Waals surface area contributed by atoms with Crippen molar-refractivity contribution in [2.24, 2.45) is 0 Å². The highest BCUT2D eigenvalue weighted by molar-refractivity contribution is 7.99. The van der Waals surface area contributed by atoms with Gasteiger partial charge in [0, 0.05) is 12.3 Å². The Bertz CT molecular complexity index is 135. The first kappa shape index (κ1) is 10.9. The molecule has 0 aliphatic carbocycles. The van der Waals surface area contributed by atoms with E-state index >= 15 is 0 Å². The van der Waals surface area contributed by atoms with E-state index in [2.05, 4.69) is 18.2 Å². The third-order valence-corrected chi connectivity index (χ3v) is 2.28. The zero-order chi connectivity index (χ0) is 8.74. The Labute approximate surface area is 74.3 Å². The number of hydrogen-bond donors (Lipinski definition) is 1. The first-order chi connectivity index (χ1) is 5.12. The predicted molar refractivity (Wildman–Crippen MR) is 53.9 cm³/mol. The average Bonchev–Trinajstić information content (AvgIpc) is 1.99. The van der Waals surface area contributed by atoms with Crippen molar-refractivity contribution in [1.29, 1.82) is 0 Å². The van der Waals surface area contributed by atoms with Crippen LogP contribution in [0.5, 0.6) is 0 Å². The maximum absolute atomic E-state index is 5.30. The Morgan fingerprint density at radius 1 is 1.55 bits per heavy atom. The van der Waals surface area contributed by atoms with E-state index in [1.807, 2.05) is 25.6 Å². The molecule has 1 N–H and O–H groups in total. The van der Waals surface area contributed by atoms with Crippen LogP contribution in [0.25, 0.3) is 0 Å². The predicted octanol–water partition coefficient (Wildman–Crippen LogP) is 1.74. The van der Waals surface area contributed by atoms with E-state index < -0.39 is 0 Å². The molecule has 0 saturated carbocycles. The fourth-order valence-electron chi connectivity index (χ4n) is 0.631. The minimum atomic E-state index is -0.145. The summed E-state index contributed by atoms with van der Waals surface area (Å²) in [6, 6.07) is 0. The van der Waals surface area contributed by atoms with Crippen molar-refractivity contribution in [3.63, 3.8) is 0 Å². The second-order valence-corrected chi connectivity index (χ2v) is 4.29. The van der Waals surface area contributed by atoms with Crippen molar-refractivity contribution in [2.45, 2.75) is 26.3 Å². The molecule has 0 fully saturated rings. The molecule has 0 rings (SSSR count). The molecule has 0 saturated heterocycles. The molecule has 0 aromatic heterocycles. The quantitative estimate of drug-likeness (QED) is 0.499. The molecule has 0 radical (unpaired) electrons. The minimum Gasteiger partial charge on any atom is -0.301 e. The Hall–Kier alpha value is -0.130. The van der Waals surface area contributed by atoms with E-state index in [1.54, 1.807) is 0 Å². The Balaban J connectivity index is 3.32. The van der Waals surface area contributed by atoms with E-state index in [0.717, 1.165) is 12.3 Å². The van der Waals surface area contributed by atoms with Gasteiger partial charge in [0.1, 0.15) is 0 Å². The molecule has 1 nitrogen and oxygen atoms in total. The highest BCUT2D eigenvalue weighted by Crippen LogP contribution is 2.00. The first-order valence-corrected chi connectivity index (χ1v) is 5.08. The van der Waals surface area contributed by atoms with Gasteiger partial charge in [0.15, 0.2) is 0 Å². The summed E-state index contributed by atoms with van der Waals surface area (Å²) in [5.74, 6) is 5.02. The summed E-state index contributed by atoms with van der Waals surface area (Å²) in [4.78, 5) is 0. The Morgan fingerprint density at radius 3 is 2.64 bits per heavy atom. The molecule has 0 aliphatic heterocycles. The fourth-order valence-corrected chi connectivity index (χ4v) is 1.17. The van der Waals surface area contributed by atoms with Crippen molar-refractivity contribution < 1.29 is 0 Å². The fraction of sp³-hybridized carbons (Fsp3) is 0.778. The SMILES string of the molecule is C#CC(C)(C)NCCSCC. The van der Waals surface area contributed by atoms with Crippen LogP contribution in [0.15, 0.2) is 0 Å². The third-order valence-electron chi connectivity index (χ3n) is 1.38. The van der Waals surface area contributed by atoms with Crippen LogP contribution >= 0.6 is 11.8 Å². The van der Waals surface area contributed by atoms with Crippen LogP contribution in [-0.4, -0.2) is 23.6 Å².